The molecule has 0 aliphatic heterocycles. The van der Waals surface area contributed by atoms with Gasteiger partial charge in [0.1, 0.15) is 5.75 Å². The van der Waals surface area contributed by atoms with Gasteiger partial charge in [-0.25, -0.2) is 5.43 Å². The molecule has 4 heteroatoms. The van der Waals surface area contributed by atoms with Gasteiger partial charge in [0.05, 0.1) is 6.21 Å². The summed E-state index contributed by atoms with van der Waals surface area (Å²) >= 11 is 0. The molecule has 0 spiro atoms. The molecule has 0 aromatic heterocycles. The molecule has 22 heavy (non-hydrogen) atoms. The zero-order valence-electron chi connectivity index (χ0n) is 12.4. The van der Waals surface area contributed by atoms with Crippen LogP contribution in [0.2, 0.25) is 0 Å². The Bertz CT molecular complexity index is 649. The van der Waals surface area contributed by atoms with Crippen molar-refractivity contribution in [1.82, 2.24) is 5.43 Å². The average molecular weight is 294 g/mol. The molecular formula is C18H18N2O2. The van der Waals surface area contributed by atoms with Crippen LogP contribution in [-0.2, 0) is 4.79 Å². The van der Waals surface area contributed by atoms with Crippen LogP contribution >= 0.6 is 0 Å². The van der Waals surface area contributed by atoms with E-state index < -0.39 is 0 Å². The predicted octanol–water partition coefficient (Wildman–Crippen LogP) is 3.27. The van der Waals surface area contributed by atoms with E-state index in [1.54, 1.807) is 18.3 Å². The van der Waals surface area contributed by atoms with Crippen molar-refractivity contribution in [3.05, 3.63) is 71.8 Å². The van der Waals surface area contributed by atoms with Gasteiger partial charge in [-0.1, -0.05) is 54.6 Å². The summed E-state index contributed by atoms with van der Waals surface area (Å²) in [6.45, 7) is 1.85. The zero-order chi connectivity index (χ0) is 15.6. The van der Waals surface area contributed by atoms with E-state index in [4.69, 9.17) is 4.74 Å². The van der Waals surface area contributed by atoms with Crippen molar-refractivity contribution in [3.8, 4) is 5.75 Å². The van der Waals surface area contributed by atoms with Gasteiger partial charge in [-0.2, -0.15) is 5.10 Å². The maximum atomic E-state index is 11.6. The van der Waals surface area contributed by atoms with E-state index in [0.717, 1.165) is 11.1 Å². The second-order valence-electron chi connectivity index (χ2n) is 4.69. The summed E-state index contributed by atoms with van der Waals surface area (Å²) in [6.07, 6.45) is 3.59. The Morgan fingerprint density at radius 2 is 1.73 bits per heavy atom. The molecular weight excluding hydrogens is 276 g/mol. The van der Waals surface area contributed by atoms with E-state index in [1.165, 1.54) is 0 Å². The Morgan fingerprint density at radius 3 is 2.41 bits per heavy atom. The second-order valence-corrected chi connectivity index (χ2v) is 4.69. The van der Waals surface area contributed by atoms with Crippen molar-refractivity contribution in [2.45, 2.75) is 6.92 Å². The number of carbonyl (C=O) groups excluding carboxylic acids is 1. The molecule has 0 unspecified atom stereocenters. The van der Waals surface area contributed by atoms with Crippen LogP contribution in [0.4, 0.5) is 0 Å². The standard InChI is InChI=1S/C18H18N2O2/c1-15(12-16-8-4-2-5-9-16)13-19-20-18(21)14-22-17-10-6-3-7-11-17/h2-13H,14H2,1H3,(H,20,21). The summed E-state index contributed by atoms with van der Waals surface area (Å²) in [4.78, 5) is 11.6. The zero-order valence-corrected chi connectivity index (χ0v) is 12.4. The summed E-state index contributed by atoms with van der Waals surface area (Å²) in [5, 5.41) is 3.91. The first-order chi connectivity index (χ1) is 10.7. The number of rotatable bonds is 6. The van der Waals surface area contributed by atoms with E-state index >= 15 is 0 Å². The van der Waals surface area contributed by atoms with Gasteiger partial charge in [-0.05, 0) is 30.2 Å². The van der Waals surface area contributed by atoms with E-state index in [1.807, 2.05) is 61.5 Å². The molecule has 1 amide bonds. The highest BCUT2D eigenvalue weighted by Crippen LogP contribution is 2.07. The monoisotopic (exact) mass is 294 g/mol. The quantitative estimate of drug-likeness (QED) is 0.656. The maximum absolute atomic E-state index is 11.6. The van der Waals surface area contributed by atoms with Gasteiger partial charge in [0.15, 0.2) is 6.61 Å². The highest BCUT2D eigenvalue weighted by molar-refractivity contribution is 5.86. The number of nitrogens with one attached hydrogen (secondary N) is 1. The predicted molar refractivity (Wildman–Crippen MR) is 88.7 cm³/mol. The highest BCUT2D eigenvalue weighted by atomic mass is 16.5. The number of hydrogen-bond acceptors (Lipinski definition) is 3. The lowest BCUT2D eigenvalue weighted by Crippen LogP contribution is -2.24. The number of para-hydroxylation sites is 1. The van der Waals surface area contributed by atoms with Gasteiger partial charge in [0, 0.05) is 0 Å². The largest absolute Gasteiger partial charge is 0.484 e. The lowest BCUT2D eigenvalue weighted by atomic mass is 10.1. The van der Waals surface area contributed by atoms with E-state index in [0.29, 0.717) is 5.75 Å². The fourth-order valence-corrected chi connectivity index (χ4v) is 1.75. The molecule has 0 aliphatic carbocycles. The molecule has 0 aliphatic rings. The molecule has 0 bridgehead atoms. The molecule has 0 radical (unpaired) electrons. The third kappa shape index (κ3) is 5.63. The molecule has 0 saturated heterocycles. The van der Waals surface area contributed by atoms with E-state index in [-0.39, 0.29) is 12.5 Å². The molecule has 0 saturated carbocycles. The van der Waals surface area contributed by atoms with Crippen LogP contribution in [0, 0.1) is 0 Å². The smallest absolute Gasteiger partial charge is 0.277 e. The number of hydrazone groups is 1. The van der Waals surface area contributed by atoms with Crippen LogP contribution in [0.3, 0.4) is 0 Å². The minimum Gasteiger partial charge on any atom is -0.484 e. The number of ether oxygens (including phenoxy) is 1. The third-order valence-electron chi connectivity index (χ3n) is 2.76. The molecule has 1 N–H and O–H groups in total. The first-order valence-electron chi connectivity index (χ1n) is 6.97. The number of amides is 1. The average Bonchev–Trinajstić information content (AvgIpc) is 2.55. The van der Waals surface area contributed by atoms with Crippen molar-refractivity contribution < 1.29 is 9.53 Å². The number of allylic oxidation sites excluding steroid dienone is 1. The summed E-state index contributed by atoms with van der Waals surface area (Å²) in [7, 11) is 0. The summed E-state index contributed by atoms with van der Waals surface area (Å²) < 4.78 is 5.32. The summed E-state index contributed by atoms with van der Waals surface area (Å²) in [5.74, 6) is 0.356. The third-order valence-corrected chi connectivity index (χ3v) is 2.76. The van der Waals surface area contributed by atoms with Crippen molar-refractivity contribution in [1.29, 1.82) is 0 Å². The van der Waals surface area contributed by atoms with Gasteiger partial charge < -0.3 is 4.74 Å². The molecule has 0 atom stereocenters. The van der Waals surface area contributed by atoms with Crippen LogP contribution in [0.15, 0.2) is 71.3 Å². The Morgan fingerprint density at radius 1 is 1.09 bits per heavy atom. The van der Waals surface area contributed by atoms with Crippen LogP contribution < -0.4 is 10.2 Å². The van der Waals surface area contributed by atoms with Crippen LogP contribution in [0.5, 0.6) is 5.75 Å². The van der Waals surface area contributed by atoms with Crippen molar-refractivity contribution in [2.75, 3.05) is 6.61 Å². The van der Waals surface area contributed by atoms with Gasteiger partial charge in [0.25, 0.3) is 5.91 Å². The first kappa shape index (κ1) is 15.5. The summed E-state index contributed by atoms with van der Waals surface area (Å²) in [5.41, 5.74) is 4.46. The Labute approximate surface area is 130 Å². The van der Waals surface area contributed by atoms with Crippen LogP contribution in [0.25, 0.3) is 6.08 Å². The SMILES string of the molecule is CC(C=NNC(=O)COc1ccccc1)=Cc1ccccc1. The molecule has 2 aromatic carbocycles. The lowest BCUT2D eigenvalue weighted by Gasteiger charge is -2.04. The second kappa shape index (κ2) is 8.42. The molecule has 112 valence electrons. The first-order valence-corrected chi connectivity index (χ1v) is 6.97. The van der Waals surface area contributed by atoms with Crippen LogP contribution in [-0.4, -0.2) is 18.7 Å². The number of benzene rings is 2. The van der Waals surface area contributed by atoms with E-state index in [2.05, 4.69) is 10.5 Å². The molecule has 4 nitrogen and oxygen atoms in total. The van der Waals surface area contributed by atoms with Gasteiger partial charge >= 0.3 is 0 Å². The van der Waals surface area contributed by atoms with Gasteiger partial charge in [-0.15, -0.1) is 0 Å². The van der Waals surface area contributed by atoms with Gasteiger partial charge in [0.2, 0.25) is 0 Å². The Balaban J connectivity index is 1.77. The highest BCUT2D eigenvalue weighted by Gasteiger charge is 2.00. The number of nitrogens with zero attached hydrogens (tertiary/aromatic N) is 1. The molecule has 0 heterocycles. The molecule has 2 rings (SSSR count). The number of hydrogen-bond donors (Lipinski definition) is 1. The molecule has 2 aromatic rings. The lowest BCUT2D eigenvalue weighted by molar-refractivity contribution is -0.123. The normalized spacial score (nSPS) is 11.4. The van der Waals surface area contributed by atoms with Crippen LogP contribution in [0.1, 0.15) is 12.5 Å². The van der Waals surface area contributed by atoms with Crippen molar-refractivity contribution in [2.24, 2.45) is 5.10 Å². The Kier molecular flexibility index (Phi) is 5.93. The minimum absolute atomic E-state index is 0.0667. The van der Waals surface area contributed by atoms with E-state index in [9.17, 15) is 4.79 Å². The number of carbonyl (C=O) groups is 1. The minimum atomic E-state index is -0.299. The fraction of sp³-hybridized carbons (Fsp3) is 0.111. The van der Waals surface area contributed by atoms with Gasteiger partial charge in [-0.3, -0.25) is 4.79 Å². The summed E-state index contributed by atoms with van der Waals surface area (Å²) in [6, 6.07) is 19.1. The fourth-order valence-electron chi connectivity index (χ4n) is 1.75. The topological polar surface area (TPSA) is 50.7 Å². The van der Waals surface area contributed by atoms with Crippen molar-refractivity contribution in [3.63, 3.8) is 0 Å². The Hall–Kier alpha value is -2.88. The maximum Gasteiger partial charge on any atom is 0.277 e. The molecule has 0 fully saturated rings. The van der Waals surface area contributed by atoms with Crippen molar-refractivity contribution >= 4 is 18.2 Å².